The Hall–Kier alpha value is -3.16. The van der Waals surface area contributed by atoms with E-state index in [1.165, 1.54) is 11.6 Å². The fraction of sp³-hybridized carbons (Fsp3) is 0.400. The Morgan fingerprint density at radius 3 is 2.46 bits per heavy atom. The van der Waals surface area contributed by atoms with Crippen LogP contribution in [0.25, 0.3) is 11.2 Å². The van der Waals surface area contributed by atoms with Gasteiger partial charge in [0.25, 0.3) is 5.56 Å². The smallest absolute Gasteiger partial charge is 0.332 e. The Morgan fingerprint density at radius 1 is 1.07 bits per heavy atom. The molecule has 0 aliphatic carbocycles. The van der Waals surface area contributed by atoms with Gasteiger partial charge in [-0.05, 0) is 6.42 Å². The molecule has 1 aromatic carbocycles. The highest BCUT2D eigenvalue weighted by Crippen LogP contribution is 2.17. The lowest BCUT2D eigenvalue weighted by atomic mass is 10.1. The van der Waals surface area contributed by atoms with E-state index in [9.17, 15) is 14.4 Å². The van der Waals surface area contributed by atoms with Gasteiger partial charge in [-0.15, -0.1) is 0 Å². The molecule has 0 aliphatic heterocycles. The van der Waals surface area contributed by atoms with Crippen LogP contribution < -0.4 is 16.6 Å². The highest BCUT2D eigenvalue weighted by Gasteiger charge is 2.21. The van der Waals surface area contributed by atoms with Gasteiger partial charge in [-0.3, -0.25) is 23.3 Å². The van der Waals surface area contributed by atoms with Crippen LogP contribution in [0.2, 0.25) is 0 Å². The number of carbonyl (C=O) groups excluding carboxylic acids is 1. The Bertz CT molecular complexity index is 1110. The SMILES string of the molecule is CCCCCNc1nc2c(c(=O)n(C)c(=O)n2C)n1CC(=O)c1ccccc1. The van der Waals surface area contributed by atoms with Crippen LogP contribution in [0.4, 0.5) is 5.95 Å². The predicted molar refractivity (Wildman–Crippen MR) is 109 cm³/mol. The average molecular weight is 383 g/mol. The number of imidazole rings is 1. The van der Waals surface area contributed by atoms with Crippen LogP contribution in [0.15, 0.2) is 39.9 Å². The molecule has 8 nitrogen and oxygen atoms in total. The maximum Gasteiger partial charge on any atom is 0.332 e. The lowest BCUT2D eigenvalue weighted by Gasteiger charge is -2.10. The van der Waals surface area contributed by atoms with Crippen LogP contribution in [-0.2, 0) is 20.6 Å². The predicted octanol–water partition coefficient (Wildman–Crippen LogP) is 1.92. The standard InChI is InChI=1S/C20H25N5O3/c1-4-5-9-12-21-19-22-17-16(18(27)24(3)20(28)23(17)2)25(19)13-15(26)14-10-7-6-8-11-14/h6-8,10-11H,4-5,9,12-13H2,1-3H3,(H,21,22). The molecule has 8 heteroatoms. The molecular formula is C20H25N5O3. The minimum atomic E-state index is -0.465. The number of Topliss-reactive ketones (excluding diaryl/α,β-unsaturated/α-hetero) is 1. The lowest BCUT2D eigenvalue weighted by molar-refractivity contribution is 0.0974. The van der Waals surface area contributed by atoms with Crippen molar-refractivity contribution in [2.24, 2.45) is 14.1 Å². The maximum absolute atomic E-state index is 12.8. The van der Waals surface area contributed by atoms with E-state index in [4.69, 9.17) is 0 Å². The fourth-order valence-electron chi connectivity index (χ4n) is 3.17. The third-order valence-corrected chi connectivity index (χ3v) is 4.81. The van der Waals surface area contributed by atoms with Crippen molar-refractivity contribution in [3.05, 3.63) is 56.7 Å². The second-order valence-corrected chi connectivity index (χ2v) is 6.82. The van der Waals surface area contributed by atoms with Gasteiger partial charge >= 0.3 is 5.69 Å². The van der Waals surface area contributed by atoms with E-state index in [-0.39, 0.29) is 23.5 Å². The van der Waals surface area contributed by atoms with Crippen molar-refractivity contribution in [1.82, 2.24) is 18.7 Å². The third kappa shape index (κ3) is 3.62. The normalized spacial score (nSPS) is 11.1. The van der Waals surface area contributed by atoms with Gasteiger partial charge in [0, 0.05) is 26.2 Å². The summed E-state index contributed by atoms with van der Waals surface area (Å²) in [7, 11) is 3.00. The zero-order valence-electron chi connectivity index (χ0n) is 16.4. The molecule has 0 saturated carbocycles. The molecule has 0 spiro atoms. The summed E-state index contributed by atoms with van der Waals surface area (Å²) in [5.74, 6) is 0.293. The van der Waals surface area contributed by atoms with E-state index in [1.54, 1.807) is 35.9 Å². The van der Waals surface area contributed by atoms with Crippen molar-refractivity contribution in [3.8, 4) is 0 Å². The van der Waals surface area contributed by atoms with Gasteiger partial charge in [0.05, 0.1) is 6.54 Å². The quantitative estimate of drug-likeness (QED) is 0.474. The first-order valence-corrected chi connectivity index (χ1v) is 9.44. The Balaban J connectivity index is 2.10. The van der Waals surface area contributed by atoms with Crippen molar-refractivity contribution in [2.75, 3.05) is 11.9 Å². The maximum atomic E-state index is 12.8. The number of rotatable bonds is 8. The van der Waals surface area contributed by atoms with Gasteiger partial charge in [0.15, 0.2) is 16.9 Å². The van der Waals surface area contributed by atoms with Crippen LogP contribution >= 0.6 is 0 Å². The van der Waals surface area contributed by atoms with Crippen LogP contribution in [0.3, 0.4) is 0 Å². The zero-order chi connectivity index (χ0) is 20.3. The minimum absolute atomic E-state index is 0.0376. The van der Waals surface area contributed by atoms with E-state index in [2.05, 4.69) is 17.2 Å². The molecule has 2 heterocycles. The van der Waals surface area contributed by atoms with E-state index in [1.807, 2.05) is 6.07 Å². The van der Waals surface area contributed by atoms with Crippen molar-refractivity contribution in [2.45, 2.75) is 32.7 Å². The molecule has 2 aromatic heterocycles. The molecule has 1 N–H and O–H groups in total. The summed E-state index contributed by atoms with van der Waals surface area (Å²) < 4.78 is 3.95. The average Bonchev–Trinajstić information content (AvgIpc) is 3.07. The molecule has 0 bridgehead atoms. The molecular weight excluding hydrogens is 358 g/mol. The molecule has 148 valence electrons. The van der Waals surface area contributed by atoms with Gasteiger partial charge < -0.3 is 5.32 Å². The van der Waals surface area contributed by atoms with E-state index >= 15 is 0 Å². The highest BCUT2D eigenvalue weighted by molar-refractivity contribution is 5.96. The Morgan fingerprint density at radius 2 is 1.79 bits per heavy atom. The Labute approximate surface area is 162 Å². The number of ketones is 1. The van der Waals surface area contributed by atoms with Crippen molar-refractivity contribution in [3.63, 3.8) is 0 Å². The number of anilines is 1. The molecule has 3 aromatic rings. The fourth-order valence-corrected chi connectivity index (χ4v) is 3.17. The van der Waals surface area contributed by atoms with E-state index in [0.29, 0.717) is 18.1 Å². The summed E-state index contributed by atoms with van der Waals surface area (Å²) in [6, 6.07) is 8.92. The number of nitrogens with one attached hydrogen (secondary N) is 1. The molecule has 3 rings (SSSR count). The van der Waals surface area contributed by atoms with Crippen molar-refractivity contribution >= 4 is 22.9 Å². The molecule has 0 unspecified atom stereocenters. The third-order valence-electron chi connectivity index (χ3n) is 4.81. The summed E-state index contributed by atoms with van der Waals surface area (Å²) in [5.41, 5.74) is 0.156. The number of fused-ring (bicyclic) bond motifs is 1. The number of unbranched alkanes of at least 4 members (excludes halogenated alkanes) is 2. The van der Waals surface area contributed by atoms with E-state index < -0.39 is 11.2 Å². The minimum Gasteiger partial charge on any atom is -0.356 e. The first kappa shape index (κ1) is 19.6. The molecule has 0 atom stereocenters. The number of nitrogens with zero attached hydrogens (tertiary/aromatic N) is 4. The van der Waals surface area contributed by atoms with Crippen molar-refractivity contribution < 1.29 is 4.79 Å². The number of aryl methyl sites for hydroxylation is 1. The van der Waals surface area contributed by atoms with E-state index in [0.717, 1.165) is 23.8 Å². The summed E-state index contributed by atoms with van der Waals surface area (Å²) in [6.45, 7) is 2.75. The molecule has 0 aliphatic rings. The van der Waals surface area contributed by atoms with Crippen LogP contribution in [-0.4, -0.2) is 31.0 Å². The lowest BCUT2D eigenvalue weighted by Crippen LogP contribution is -2.37. The van der Waals surface area contributed by atoms with Gasteiger partial charge in [-0.1, -0.05) is 50.1 Å². The summed E-state index contributed by atoms with van der Waals surface area (Å²) in [5, 5.41) is 3.22. The van der Waals surface area contributed by atoms with Crippen LogP contribution in [0.5, 0.6) is 0 Å². The number of hydrogen-bond donors (Lipinski definition) is 1. The van der Waals surface area contributed by atoms with Gasteiger partial charge in [-0.2, -0.15) is 4.98 Å². The van der Waals surface area contributed by atoms with Crippen LogP contribution in [0.1, 0.15) is 36.5 Å². The van der Waals surface area contributed by atoms with Gasteiger partial charge in [0.2, 0.25) is 5.95 Å². The summed E-state index contributed by atoms with van der Waals surface area (Å²) in [4.78, 5) is 42.3. The number of carbonyl (C=O) groups is 1. The van der Waals surface area contributed by atoms with Crippen molar-refractivity contribution in [1.29, 1.82) is 0 Å². The first-order chi connectivity index (χ1) is 13.5. The second kappa shape index (κ2) is 8.24. The number of aromatic nitrogens is 4. The molecule has 28 heavy (non-hydrogen) atoms. The topological polar surface area (TPSA) is 90.9 Å². The Kier molecular flexibility index (Phi) is 5.77. The largest absolute Gasteiger partial charge is 0.356 e. The molecule has 0 fully saturated rings. The molecule has 0 amide bonds. The molecule has 0 saturated heterocycles. The zero-order valence-corrected chi connectivity index (χ0v) is 16.4. The second-order valence-electron chi connectivity index (χ2n) is 6.82. The summed E-state index contributed by atoms with van der Waals surface area (Å²) in [6.07, 6.45) is 3.10. The number of benzene rings is 1. The van der Waals surface area contributed by atoms with Crippen LogP contribution in [0, 0.1) is 0 Å². The number of hydrogen-bond acceptors (Lipinski definition) is 5. The monoisotopic (exact) mass is 383 g/mol. The van der Waals surface area contributed by atoms with Gasteiger partial charge in [0.1, 0.15) is 0 Å². The highest BCUT2D eigenvalue weighted by atomic mass is 16.2. The summed E-state index contributed by atoms with van der Waals surface area (Å²) >= 11 is 0. The van der Waals surface area contributed by atoms with Gasteiger partial charge in [-0.25, -0.2) is 4.79 Å². The molecule has 0 radical (unpaired) electrons. The first-order valence-electron chi connectivity index (χ1n) is 9.44.